The molecule has 2 atom stereocenters. The van der Waals surface area contributed by atoms with Gasteiger partial charge in [-0.3, -0.25) is 0 Å². The van der Waals surface area contributed by atoms with Crippen LogP contribution in [0.3, 0.4) is 0 Å². The van der Waals surface area contributed by atoms with Gasteiger partial charge >= 0.3 is 0 Å². The molecule has 3 aliphatic rings. The molecular weight excluding hydrogens is 254 g/mol. The van der Waals surface area contributed by atoms with Crippen molar-refractivity contribution in [3.8, 4) is 0 Å². The van der Waals surface area contributed by atoms with Gasteiger partial charge in [-0.25, -0.2) is 0 Å². The smallest absolute Gasteiger partial charge is 0.0701 e. The number of nitrogens with two attached hydrogens (primary N) is 1. The van der Waals surface area contributed by atoms with E-state index in [9.17, 15) is 0 Å². The maximum absolute atomic E-state index is 6.72. The van der Waals surface area contributed by atoms with Crippen LogP contribution >= 0.6 is 11.8 Å². The molecule has 2 unspecified atom stereocenters. The van der Waals surface area contributed by atoms with Crippen LogP contribution in [-0.2, 0) is 4.74 Å². The molecule has 0 amide bonds. The minimum atomic E-state index is 0.195. The van der Waals surface area contributed by atoms with Gasteiger partial charge in [0.05, 0.1) is 5.60 Å². The van der Waals surface area contributed by atoms with Crippen LogP contribution in [0.1, 0.15) is 58.3 Å². The number of ether oxygens (including phenoxy) is 1. The molecule has 3 heteroatoms. The molecular formula is C16H29NOS. The predicted molar refractivity (Wildman–Crippen MR) is 82.5 cm³/mol. The molecule has 1 aliphatic carbocycles. The summed E-state index contributed by atoms with van der Waals surface area (Å²) in [4.78, 5) is 0. The summed E-state index contributed by atoms with van der Waals surface area (Å²) in [5.41, 5.74) is 7.32. The highest BCUT2D eigenvalue weighted by molar-refractivity contribution is 7.99. The number of hydrogen-bond acceptors (Lipinski definition) is 3. The summed E-state index contributed by atoms with van der Waals surface area (Å²) in [6.45, 7) is 3.38. The summed E-state index contributed by atoms with van der Waals surface area (Å²) in [5.74, 6) is 3.25. The van der Waals surface area contributed by atoms with E-state index >= 15 is 0 Å². The Morgan fingerprint density at radius 1 is 1.16 bits per heavy atom. The molecule has 2 heterocycles. The molecule has 2 nitrogen and oxygen atoms in total. The Morgan fingerprint density at radius 2 is 1.84 bits per heavy atom. The van der Waals surface area contributed by atoms with E-state index in [0.717, 1.165) is 6.61 Å². The maximum Gasteiger partial charge on any atom is 0.0701 e. The zero-order chi connectivity index (χ0) is 13.3. The molecule has 2 aliphatic heterocycles. The monoisotopic (exact) mass is 283 g/mol. The lowest BCUT2D eigenvalue weighted by Crippen LogP contribution is -2.51. The molecule has 1 saturated carbocycles. The van der Waals surface area contributed by atoms with Crippen LogP contribution in [0.4, 0.5) is 0 Å². The lowest BCUT2D eigenvalue weighted by molar-refractivity contribution is -0.111. The average Bonchev–Trinajstić information content (AvgIpc) is 2.87. The Balaban J connectivity index is 1.67. The Labute approximate surface area is 122 Å². The molecule has 3 rings (SSSR count). The lowest BCUT2D eigenvalue weighted by Gasteiger charge is -2.47. The molecule has 2 saturated heterocycles. The minimum Gasteiger partial charge on any atom is -0.375 e. The fourth-order valence-corrected chi connectivity index (χ4v) is 5.79. The summed E-state index contributed by atoms with van der Waals surface area (Å²) in [6.07, 6.45) is 10.4. The lowest BCUT2D eigenvalue weighted by atomic mass is 9.69. The number of rotatable bonds is 2. The fraction of sp³-hybridized carbons (Fsp3) is 1.00. The molecule has 0 bridgehead atoms. The van der Waals surface area contributed by atoms with Crippen molar-refractivity contribution in [1.82, 2.24) is 0 Å². The van der Waals surface area contributed by atoms with E-state index in [4.69, 9.17) is 10.5 Å². The van der Waals surface area contributed by atoms with Crippen molar-refractivity contribution < 1.29 is 4.74 Å². The topological polar surface area (TPSA) is 35.2 Å². The van der Waals surface area contributed by atoms with Gasteiger partial charge in [-0.2, -0.15) is 11.8 Å². The molecule has 0 aromatic rings. The van der Waals surface area contributed by atoms with Crippen LogP contribution in [0.15, 0.2) is 0 Å². The largest absolute Gasteiger partial charge is 0.375 e. The number of thioether (sulfide) groups is 1. The second-order valence-electron chi connectivity index (χ2n) is 7.28. The first kappa shape index (κ1) is 14.2. The first-order valence-electron chi connectivity index (χ1n) is 8.11. The summed E-state index contributed by atoms with van der Waals surface area (Å²) in [7, 11) is 0. The van der Waals surface area contributed by atoms with Crippen molar-refractivity contribution in [2.75, 3.05) is 18.1 Å². The second-order valence-corrected chi connectivity index (χ2v) is 8.51. The highest BCUT2D eigenvalue weighted by atomic mass is 32.2. The van der Waals surface area contributed by atoms with Gasteiger partial charge in [0, 0.05) is 12.6 Å². The summed E-state index contributed by atoms with van der Waals surface area (Å²) >= 11 is 2.09. The van der Waals surface area contributed by atoms with Gasteiger partial charge in [0.15, 0.2) is 0 Å². The van der Waals surface area contributed by atoms with Crippen LogP contribution < -0.4 is 5.73 Å². The molecule has 0 aromatic carbocycles. The molecule has 1 spiro atoms. The summed E-state index contributed by atoms with van der Waals surface area (Å²) < 4.78 is 6.21. The van der Waals surface area contributed by atoms with Crippen molar-refractivity contribution >= 4 is 11.8 Å². The van der Waals surface area contributed by atoms with Gasteiger partial charge in [-0.1, -0.05) is 19.8 Å². The van der Waals surface area contributed by atoms with Crippen LogP contribution in [0.2, 0.25) is 0 Å². The van der Waals surface area contributed by atoms with E-state index in [1.807, 2.05) is 0 Å². The normalized spacial score (nSPS) is 35.4. The second kappa shape index (κ2) is 5.57. The quantitative estimate of drug-likeness (QED) is 0.841. The highest BCUT2D eigenvalue weighted by Gasteiger charge is 2.45. The zero-order valence-corrected chi connectivity index (χ0v) is 13.1. The highest BCUT2D eigenvalue weighted by Crippen LogP contribution is 2.47. The van der Waals surface area contributed by atoms with Crippen molar-refractivity contribution in [3.63, 3.8) is 0 Å². The average molecular weight is 283 g/mol. The van der Waals surface area contributed by atoms with E-state index in [1.54, 1.807) is 0 Å². The van der Waals surface area contributed by atoms with Gasteiger partial charge < -0.3 is 10.5 Å². The van der Waals surface area contributed by atoms with Gasteiger partial charge in [-0.05, 0) is 61.4 Å². The molecule has 110 valence electrons. The first-order chi connectivity index (χ1) is 9.14. The predicted octanol–water partition coefficient (Wildman–Crippen LogP) is 3.59. The molecule has 19 heavy (non-hydrogen) atoms. The third-order valence-corrected chi connectivity index (χ3v) is 6.98. The summed E-state index contributed by atoms with van der Waals surface area (Å²) in [5, 5.41) is 0. The molecule has 2 N–H and O–H groups in total. The van der Waals surface area contributed by atoms with Crippen LogP contribution in [-0.4, -0.2) is 29.8 Å². The van der Waals surface area contributed by atoms with Crippen LogP contribution in [0.5, 0.6) is 0 Å². The van der Waals surface area contributed by atoms with E-state index in [-0.39, 0.29) is 5.60 Å². The van der Waals surface area contributed by atoms with Crippen LogP contribution in [0.25, 0.3) is 0 Å². The van der Waals surface area contributed by atoms with Gasteiger partial charge in [0.1, 0.15) is 0 Å². The Morgan fingerprint density at radius 3 is 2.53 bits per heavy atom. The van der Waals surface area contributed by atoms with Crippen LogP contribution in [0, 0.1) is 11.3 Å². The first-order valence-corrected chi connectivity index (χ1v) is 9.26. The number of hydrogen-bond donors (Lipinski definition) is 1. The van der Waals surface area contributed by atoms with Crippen molar-refractivity contribution in [2.45, 2.75) is 69.9 Å². The van der Waals surface area contributed by atoms with Gasteiger partial charge in [-0.15, -0.1) is 0 Å². The standard InChI is InChI=1S/C16H29NOS/c1-15(5-2-3-6-15)14(17)13-4-9-18-16(12-13)7-10-19-11-8-16/h13-14H,2-12,17H2,1H3. The maximum atomic E-state index is 6.72. The van der Waals surface area contributed by atoms with E-state index in [2.05, 4.69) is 18.7 Å². The Kier molecular flexibility index (Phi) is 4.17. The van der Waals surface area contributed by atoms with E-state index in [0.29, 0.717) is 17.4 Å². The van der Waals surface area contributed by atoms with Gasteiger partial charge in [0.25, 0.3) is 0 Å². The summed E-state index contributed by atoms with van der Waals surface area (Å²) in [6, 6.07) is 0.394. The van der Waals surface area contributed by atoms with E-state index in [1.165, 1.54) is 62.9 Å². The third kappa shape index (κ3) is 2.84. The Hall–Kier alpha value is 0.270. The molecule has 0 radical (unpaired) electrons. The fourth-order valence-electron chi connectivity index (χ4n) is 4.55. The van der Waals surface area contributed by atoms with E-state index < -0.39 is 0 Å². The third-order valence-electron chi connectivity index (χ3n) is 5.99. The van der Waals surface area contributed by atoms with Crippen molar-refractivity contribution in [1.29, 1.82) is 0 Å². The van der Waals surface area contributed by atoms with Crippen molar-refractivity contribution in [3.05, 3.63) is 0 Å². The Bertz CT molecular complexity index is 302. The zero-order valence-electron chi connectivity index (χ0n) is 12.3. The SMILES string of the molecule is CC1(C(N)C2CCOC3(CCSCC3)C2)CCCC1. The minimum absolute atomic E-state index is 0.195. The van der Waals surface area contributed by atoms with Gasteiger partial charge in [0.2, 0.25) is 0 Å². The molecule has 3 fully saturated rings. The molecule has 0 aromatic heterocycles. The van der Waals surface area contributed by atoms with Crippen molar-refractivity contribution in [2.24, 2.45) is 17.1 Å².